The van der Waals surface area contributed by atoms with Gasteiger partial charge in [0.05, 0.1) is 12.1 Å². The van der Waals surface area contributed by atoms with Crippen molar-refractivity contribution in [2.75, 3.05) is 18.5 Å². The first-order valence-corrected chi connectivity index (χ1v) is 7.89. The fourth-order valence-electron chi connectivity index (χ4n) is 2.34. The van der Waals surface area contributed by atoms with Gasteiger partial charge in [0.15, 0.2) is 5.82 Å². The molecule has 0 radical (unpaired) electrons. The lowest BCUT2D eigenvalue weighted by Gasteiger charge is -2.06. The van der Waals surface area contributed by atoms with Gasteiger partial charge in [-0.25, -0.2) is 0 Å². The number of aromatic nitrogens is 2. The monoisotopic (exact) mass is 337 g/mol. The number of fused-ring (bicyclic) bond motifs is 1. The highest BCUT2D eigenvalue weighted by molar-refractivity contribution is 6.00. The average molecular weight is 337 g/mol. The third-order valence-corrected chi connectivity index (χ3v) is 3.50. The predicted octanol–water partition coefficient (Wildman–Crippen LogP) is 3.28. The van der Waals surface area contributed by atoms with E-state index in [0.29, 0.717) is 24.8 Å². The van der Waals surface area contributed by atoms with Crippen LogP contribution in [0.2, 0.25) is 0 Å². The van der Waals surface area contributed by atoms with E-state index in [9.17, 15) is 4.79 Å². The zero-order chi connectivity index (χ0) is 17.5. The molecular formula is C19H19N3O3. The molecule has 0 fully saturated rings. The van der Waals surface area contributed by atoms with Crippen LogP contribution in [0.15, 0.2) is 61.2 Å². The summed E-state index contributed by atoms with van der Waals surface area (Å²) in [5.74, 6) is 0.874. The fourth-order valence-corrected chi connectivity index (χ4v) is 2.34. The Labute approximate surface area is 145 Å². The van der Waals surface area contributed by atoms with Gasteiger partial charge in [-0.1, -0.05) is 43.0 Å². The minimum Gasteiger partial charge on any atom is -0.490 e. The molecule has 3 rings (SSSR count). The number of H-pyrrole nitrogens is 1. The molecule has 0 bridgehead atoms. The largest absolute Gasteiger partial charge is 0.490 e. The maximum atomic E-state index is 12.1. The minimum atomic E-state index is -0.262. The third-order valence-electron chi connectivity index (χ3n) is 3.50. The Bertz CT molecular complexity index is 859. The Hall–Kier alpha value is -3.12. The maximum Gasteiger partial charge on any atom is 0.251 e. The van der Waals surface area contributed by atoms with E-state index in [-0.39, 0.29) is 12.5 Å². The Kier molecular flexibility index (Phi) is 5.43. The first-order valence-electron chi connectivity index (χ1n) is 7.89. The van der Waals surface area contributed by atoms with Crippen molar-refractivity contribution in [3.8, 4) is 5.75 Å². The summed E-state index contributed by atoms with van der Waals surface area (Å²) >= 11 is 0. The van der Waals surface area contributed by atoms with Gasteiger partial charge in [-0.05, 0) is 23.8 Å². The number of rotatable bonds is 8. The molecule has 1 aromatic heterocycles. The Morgan fingerprint density at radius 3 is 2.88 bits per heavy atom. The quantitative estimate of drug-likeness (QED) is 0.619. The highest BCUT2D eigenvalue weighted by atomic mass is 16.5. The fraction of sp³-hybridized carbons (Fsp3) is 0.158. The highest BCUT2D eigenvalue weighted by Crippen LogP contribution is 2.25. The molecule has 0 spiro atoms. The van der Waals surface area contributed by atoms with E-state index in [2.05, 4.69) is 22.1 Å². The van der Waals surface area contributed by atoms with Gasteiger partial charge in [-0.3, -0.25) is 9.89 Å². The molecule has 25 heavy (non-hydrogen) atoms. The Morgan fingerprint density at radius 2 is 2.08 bits per heavy atom. The molecule has 0 unspecified atom stereocenters. The van der Waals surface area contributed by atoms with Crippen LogP contribution < -0.4 is 10.1 Å². The van der Waals surface area contributed by atoms with E-state index in [1.807, 2.05) is 48.5 Å². The number of carbonyl (C=O) groups is 1. The molecule has 128 valence electrons. The number of hydrogen-bond acceptors (Lipinski definition) is 4. The number of amides is 1. The van der Waals surface area contributed by atoms with Crippen LogP contribution in [0.5, 0.6) is 5.75 Å². The molecule has 0 aliphatic heterocycles. The molecule has 6 nitrogen and oxygen atoms in total. The highest BCUT2D eigenvalue weighted by Gasteiger charge is 2.10. The molecule has 1 amide bonds. The van der Waals surface area contributed by atoms with E-state index < -0.39 is 0 Å². The number of carbonyl (C=O) groups excluding carboxylic acids is 1. The molecule has 3 aromatic rings. The second-order valence-electron chi connectivity index (χ2n) is 5.41. The molecular weight excluding hydrogens is 318 g/mol. The summed E-state index contributed by atoms with van der Waals surface area (Å²) in [6.45, 7) is 4.37. The van der Waals surface area contributed by atoms with E-state index in [4.69, 9.17) is 9.47 Å². The SMILES string of the molecule is C=CCOc1ccc2[nH]nc(NC(=O)COCc3ccccc3)c2c1. The van der Waals surface area contributed by atoms with Crippen LogP contribution >= 0.6 is 0 Å². The summed E-state index contributed by atoms with van der Waals surface area (Å²) in [7, 11) is 0. The van der Waals surface area contributed by atoms with Crippen LogP contribution in [0.25, 0.3) is 10.9 Å². The first kappa shape index (κ1) is 16.7. The topological polar surface area (TPSA) is 76.2 Å². The average Bonchev–Trinajstić information content (AvgIpc) is 3.03. The van der Waals surface area contributed by atoms with Gasteiger partial charge >= 0.3 is 0 Å². The summed E-state index contributed by atoms with van der Waals surface area (Å²) in [6, 6.07) is 15.2. The molecule has 2 aromatic carbocycles. The van der Waals surface area contributed by atoms with Crippen molar-refractivity contribution < 1.29 is 14.3 Å². The zero-order valence-electron chi connectivity index (χ0n) is 13.7. The van der Waals surface area contributed by atoms with Gasteiger partial charge in [0.2, 0.25) is 0 Å². The zero-order valence-corrected chi connectivity index (χ0v) is 13.7. The molecule has 6 heteroatoms. The van der Waals surface area contributed by atoms with Crippen LogP contribution in [-0.4, -0.2) is 29.3 Å². The molecule has 1 heterocycles. The van der Waals surface area contributed by atoms with Gasteiger partial charge in [-0.15, -0.1) is 0 Å². The number of nitrogens with one attached hydrogen (secondary N) is 2. The summed E-state index contributed by atoms with van der Waals surface area (Å²) in [5.41, 5.74) is 1.83. The van der Waals surface area contributed by atoms with Crippen molar-refractivity contribution >= 4 is 22.6 Å². The smallest absolute Gasteiger partial charge is 0.251 e. The van der Waals surface area contributed by atoms with E-state index in [0.717, 1.165) is 16.5 Å². The normalized spacial score (nSPS) is 10.6. The van der Waals surface area contributed by atoms with Crippen LogP contribution in [0.4, 0.5) is 5.82 Å². The van der Waals surface area contributed by atoms with Gasteiger partial charge in [0.1, 0.15) is 19.0 Å². The van der Waals surface area contributed by atoms with Crippen LogP contribution in [-0.2, 0) is 16.1 Å². The molecule has 0 aliphatic rings. The minimum absolute atomic E-state index is 0.0457. The van der Waals surface area contributed by atoms with Crippen LogP contribution in [0.3, 0.4) is 0 Å². The number of hydrogen-bond donors (Lipinski definition) is 2. The van der Waals surface area contributed by atoms with Gasteiger partial charge in [0.25, 0.3) is 5.91 Å². The third kappa shape index (κ3) is 4.45. The van der Waals surface area contributed by atoms with Crippen molar-refractivity contribution in [3.63, 3.8) is 0 Å². The summed E-state index contributed by atoms with van der Waals surface area (Å²) in [6.07, 6.45) is 1.67. The second-order valence-corrected chi connectivity index (χ2v) is 5.41. The second kappa shape index (κ2) is 8.12. The number of aromatic amines is 1. The van der Waals surface area contributed by atoms with Crippen molar-refractivity contribution in [2.24, 2.45) is 0 Å². The number of ether oxygens (including phenoxy) is 2. The van der Waals surface area contributed by atoms with E-state index in [1.54, 1.807) is 6.08 Å². The number of nitrogens with zero attached hydrogens (tertiary/aromatic N) is 1. The Balaban J connectivity index is 1.59. The van der Waals surface area contributed by atoms with Crippen molar-refractivity contribution in [2.45, 2.75) is 6.61 Å². The van der Waals surface area contributed by atoms with Crippen LogP contribution in [0, 0.1) is 0 Å². The lowest BCUT2D eigenvalue weighted by molar-refractivity contribution is -0.121. The molecule has 0 atom stereocenters. The molecule has 0 saturated carbocycles. The van der Waals surface area contributed by atoms with Crippen molar-refractivity contribution in [3.05, 3.63) is 66.7 Å². The lowest BCUT2D eigenvalue weighted by Crippen LogP contribution is -2.18. The van der Waals surface area contributed by atoms with Gasteiger partial charge < -0.3 is 14.8 Å². The Morgan fingerprint density at radius 1 is 1.24 bits per heavy atom. The van der Waals surface area contributed by atoms with E-state index >= 15 is 0 Å². The number of benzene rings is 2. The summed E-state index contributed by atoms with van der Waals surface area (Å²) in [5, 5.41) is 10.5. The standard InChI is InChI=1S/C19H19N3O3/c1-2-10-25-15-8-9-17-16(11-15)19(22-21-17)20-18(23)13-24-12-14-6-4-3-5-7-14/h2-9,11H,1,10,12-13H2,(H2,20,21,22,23). The van der Waals surface area contributed by atoms with Gasteiger partial charge in [0, 0.05) is 5.39 Å². The maximum absolute atomic E-state index is 12.1. The summed E-state index contributed by atoms with van der Waals surface area (Å²) < 4.78 is 10.9. The lowest BCUT2D eigenvalue weighted by atomic mass is 10.2. The number of anilines is 1. The first-order chi connectivity index (χ1) is 12.3. The summed E-state index contributed by atoms with van der Waals surface area (Å²) in [4.78, 5) is 12.1. The van der Waals surface area contributed by atoms with Gasteiger partial charge in [-0.2, -0.15) is 5.10 Å². The van der Waals surface area contributed by atoms with Crippen molar-refractivity contribution in [1.29, 1.82) is 0 Å². The predicted molar refractivity (Wildman–Crippen MR) is 96.5 cm³/mol. The van der Waals surface area contributed by atoms with E-state index in [1.165, 1.54) is 0 Å². The molecule has 0 aliphatic carbocycles. The van der Waals surface area contributed by atoms with Crippen molar-refractivity contribution in [1.82, 2.24) is 10.2 Å². The molecule has 0 saturated heterocycles. The van der Waals surface area contributed by atoms with Crippen LogP contribution in [0.1, 0.15) is 5.56 Å². The molecule has 2 N–H and O–H groups in total.